The highest BCUT2D eigenvalue weighted by atomic mass is 35.5. The van der Waals surface area contributed by atoms with Crippen LogP contribution in [0.15, 0.2) is 10.3 Å². The molecule has 2 rings (SSSR count). The summed E-state index contributed by atoms with van der Waals surface area (Å²) in [5.41, 5.74) is -0.416. The fraction of sp³-hybridized carbons (Fsp3) is 0.600. The van der Waals surface area contributed by atoms with Crippen molar-refractivity contribution in [3.63, 3.8) is 0 Å². The molecule has 0 spiro atoms. The monoisotopic (exact) mass is 340 g/mol. The normalized spacial score (nSPS) is 23.7. The molecule has 0 saturated heterocycles. The molecule has 0 aliphatic heterocycles. The Morgan fingerprint density at radius 3 is 2.75 bits per heavy atom. The summed E-state index contributed by atoms with van der Waals surface area (Å²) >= 11 is 6.31. The number of aliphatic hydroxyl groups is 1. The molecule has 0 amide bonds. The Morgan fingerprint density at radius 1 is 1.50 bits per heavy atom. The molecule has 0 aromatic carbocycles. The van der Waals surface area contributed by atoms with Crippen molar-refractivity contribution in [2.75, 3.05) is 0 Å². The van der Waals surface area contributed by atoms with Gasteiger partial charge in [-0.05, 0) is 25.7 Å². The zero-order chi connectivity index (χ0) is 14.9. The fourth-order valence-electron chi connectivity index (χ4n) is 2.14. The van der Waals surface area contributed by atoms with E-state index in [0.717, 1.165) is 12.5 Å². The first-order valence-electron chi connectivity index (χ1n) is 5.93. The number of halogens is 1. The van der Waals surface area contributed by atoms with Gasteiger partial charge in [0.05, 0.1) is 11.0 Å². The second kappa shape index (κ2) is 5.94. The van der Waals surface area contributed by atoms with Crippen molar-refractivity contribution in [1.82, 2.24) is 4.72 Å². The first-order valence-corrected chi connectivity index (χ1v) is 8.61. The van der Waals surface area contributed by atoms with Gasteiger partial charge in [0, 0.05) is 12.1 Å². The maximum absolute atomic E-state index is 12.1. The van der Waals surface area contributed by atoms with E-state index in [4.69, 9.17) is 11.6 Å². The van der Waals surface area contributed by atoms with Crippen LogP contribution in [0, 0.1) is 10.1 Å². The lowest BCUT2D eigenvalue weighted by molar-refractivity contribution is -0.384. The van der Waals surface area contributed by atoms with Crippen LogP contribution in [0.3, 0.4) is 0 Å². The summed E-state index contributed by atoms with van der Waals surface area (Å²) in [6.07, 6.45) is 1.87. The quantitative estimate of drug-likeness (QED) is 0.642. The SMILES string of the molecule is O=[N+]([O-])c1cc(S(=O)(=O)NC2CCCC(O)C2)sc1Cl. The molecule has 1 aromatic heterocycles. The molecular weight excluding hydrogens is 328 g/mol. The number of sulfonamides is 1. The lowest BCUT2D eigenvalue weighted by Crippen LogP contribution is -2.39. The van der Waals surface area contributed by atoms with Gasteiger partial charge in [0.25, 0.3) is 15.7 Å². The number of rotatable bonds is 4. The maximum Gasteiger partial charge on any atom is 0.300 e. The van der Waals surface area contributed by atoms with Crippen molar-refractivity contribution in [2.45, 2.75) is 42.0 Å². The minimum absolute atomic E-state index is 0.168. The topological polar surface area (TPSA) is 110 Å². The van der Waals surface area contributed by atoms with Gasteiger partial charge in [-0.3, -0.25) is 10.1 Å². The molecular formula is C10H13ClN2O5S2. The van der Waals surface area contributed by atoms with Gasteiger partial charge in [-0.1, -0.05) is 11.6 Å². The van der Waals surface area contributed by atoms with Crippen LogP contribution in [0.4, 0.5) is 5.69 Å². The lowest BCUT2D eigenvalue weighted by Gasteiger charge is -2.26. The number of aliphatic hydroxyl groups excluding tert-OH is 1. The maximum atomic E-state index is 12.1. The molecule has 2 unspecified atom stereocenters. The average molecular weight is 341 g/mol. The molecule has 1 saturated carbocycles. The summed E-state index contributed by atoms with van der Waals surface area (Å²) < 4.78 is 26.4. The van der Waals surface area contributed by atoms with Crippen LogP contribution in [-0.2, 0) is 10.0 Å². The van der Waals surface area contributed by atoms with Crippen LogP contribution in [0.25, 0.3) is 0 Å². The van der Waals surface area contributed by atoms with Gasteiger partial charge >= 0.3 is 0 Å². The third kappa shape index (κ3) is 3.47. The van der Waals surface area contributed by atoms with E-state index >= 15 is 0 Å². The number of hydrogen-bond acceptors (Lipinski definition) is 6. The third-order valence-electron chi connectivity index (χ3n) is 3.08. The smallest absolute Gasteiger partial charge is 0.300 e. The molecule has 0 bridgehead atoms. The second-order valence-corrected chi connectivity index (χ2v) is 8.22. The summed E-state index contributed by atoms with van der Waals surface area (Å²) in [6.45, 7) is 0. The lowest BCUT2D eigenvalue weighted by atomic mass is 9.94. The van der Waals surface area contributed by atoms with E-state index in [2.05, 4.69) is 4.72 Å². The summed E-state index contributed by atoms with van der Waals surface area (Å²) in [6, 6.07) is 0.595. The van der Waals surface area contributed by atoms with Crippen molar-refractivity contribution in [3.05, 3.63) is 20.5 Å². The molecule has 112 valence electrons. The van der Waals surface area contributed by atoms with Gasteiger partial charge in [0.1, 0.15) is 4.21 Å². The molecule has 2 N–H and O–H groups in total. The molecule has 10 heteroatoms. The summed E-state index contributed by atoms with van der Waals surface area (Å²) in [5, 5.41) is 20.2. The molecule has 0 radical (unpaired) electrons. The highest BCUT2D eigenvalue weighted by Gasteiger charge is 2.29. The Bertz CT molecular complexity index is 615. The number of nitrogens with zero attached hydrogens (tertiary/aromatic N) is 1. The Kier molecular flexibility index (Phi) is 4.65. The molecule has 1 aliphatic carbocycles. The molecule has 1 fully saturated rings. The first kappa shape index (κ1) is 15.6. The van der Waals surface area contributed by atoms with Crippen molar-refractivity contribution in [2.24, 2.45) is 0 Å². The van der Waals surface area contributed by atoms with Crippen molar-refractivity contribution >= 4 is 38.6 Å². The van der Waals surface area contributed by atoms with E-state index in [1.54, 1.807) is 0 Å². The van der Waals surface area contributed by atoms with E-state index in [9.17, 15) is 23.6 Å². The Balaban J connectivity index is 2.18. The van der Waals surface area contributed by atoms with Crippen molar-refractivity contribution in [3.8, 4) is 0 Å². The van der Waals surface area contributed by atoms with Crippen LogP contribution in [0.1, 0.15) is 25.7 Å². The predicted molar refractivity (Wildman–Crippen MR) is 74.6 cm³/mol. The van der Waals surface area contributed by atoms with Crippen LogP contribution in [0.5, 0.6) is 0 Å². The van der Waals surface area contributed by atoms with Crippen LogP contribution in [-0.4, -0.2) is 30.6 Å². The van der Waals surface area contributed by atoms with E-state index in [1.165, 1.54) is 0 Å². The van der Waals surface area contributed by atoms with Gasteiger partial charge in [0.2, 0.25) is 0 Å². The predicted octanol–water partition coefficient (Wildman–Crippen LogP) is 1.89. The van der Waals surface area contributed by atoms with Crippen LogP contribution < -0.4 is 4.72 Å². The first-order chi connectivity index (χ1) is 9.29. The fourth-order valence-corrected chi connectivity index (χ4v) is 5.11. The summed E-state index contributed by atoms with van der Waals surface area (Å²) in [7, 11) is -3.85. The van der Waals surface area contributed by atoms with E-state index in [-0.39, 0.29) is 14.6 Å². The van der Waals surface area contributed by atoms with Crippen LogP contribution >= 0.6 is 22.9 Å². The zero-order valence-corrected chi connectivity index (χ0v) is 12.7. The summed E-state index contributed by atoms with van der Waals surface area (Å²) in [5.74, 6) is 0. The van der Waals surface area contributed by atoms with Crippen LogP contribution in [0.2, 0.25) is 4.34 Å². The number of nitrogens with one attached hydrogen (secondary N) is 1. The number of nitro groups is 1. The molecule has 1 heterocycles. The van der Waals surface area contributed by atoms with Gasteiger partial charge < -0.3 is 5.11 Å². The van der Waals surface area contributed by atoms with Crippen molar-refractivity contribution < 1.29 is 18.4 Å². The molecule has 20 heavy (non-hydrogen) atoms. The molecule has 7 nitrogen and oxygen atoms in total. The molecule has 1 aromatic rings. The number of hydrogen-bond donors (Lipinski definition) is 2. The van der Waals surface area contributed by atoms with Gasteiger partial charge in [-0.2, -0.15) is 0 Å². The number of thiophene rings is 1. The Labute approximate surface area is 124 Å². The Morgan fingerprint density at radius 2 is 2.20 bits per heavy atom. The minimum atomic E-state index is -3.85. The highest BCUT2D eigenvalue weighted by molar-refractivity contribution is 7.91. The summed E-state index contributed by atoms with van der Waals surface area (Å²) in [4.78, 5) is 9.95. The molecule has 2 atom stereocenters. The second-order valence-electron chi connectivity index (χ2n) is 4.62. The largest absolute Gasteiger partial charge is 0.393 e. The van der Waals surface area contributed by atoms with Gasteiger partial charge in [-0.25, -0.2) is 13.1 Å². The van der Waals surface area contributed by atoms with Gasteiger partial charge in [0.15, 0.2) is 4.34 Å². The Hall–Kier alpha value is -0.740. The minimum Gasteiger partial charge on any atom is -0.393 e. The van der Waals surface area contributed by atoms with Crippen molar-refractivity contribution in [1.29, 1.82) is 0 Å². The van der Waals surface area contributed by atoms with E-state index in [1.807, 2.05) is 0 Å². The highest BCUT2D eigenvalue weighted by Crippen LogP contribution is 2.36. The molecule has 1 aliphatic rings. The zero-order valence-electron chi connectivity index (χ0n) is 10.3. The third-order valence-corrected chi connectivity index (χ3v) is 6.41. The van der Waals surface area contributed by atoms with E-state index in [0.29, 0.717) is 30.6 Å². The van der Waals surface area contributed by atoms with Gasteiger partial charge in [-0.15, -0.1) is 11.3 Å². The standard InChI is InChI=1S/C10H13ClN2O5S2/c11-10-8(13(15)16)5-9(19-10)20(17,18)12-6-2-1-3-7(14)4-6/h5-7,12,14H,1-4H2. The van der Waals surface area contributed by atoms with E-state index < -0.39 is 26.7 Å². The average Bonchev–Trinajstić information content (AvgIpc) is 2.71.